The predicted octanol–water partition coefficient (Wildman–Crippen LogP) is 4.55. The summed E-state index contributed by atoms with van der Waals surface area (Å²) in [6.07, 6.45) is 2.13. The molecule has 3 rings (SSSR count). The Balaban J connectivity index is 1.71. The summed E-state index contributed by atoms with van der Waals surface area (Å²) in [4.78, 5) is 27.8. The van der Waals surface area contributed by atoms with Crippen molar-refractivity contribution >= 4 is 39.3 Å². The molecule has 0 aliphatic carbocycles. The molecule has 0 radical (unpaired) electrons. The number of halogens is 1. The van der Waals surface area contributed by atoms with Gasteiger partial charge in [0, 0.05) is 24.5 Å². The van der Waals surface area contributed by atoms with Crippen molar-refractivity contribution < 1.29 is 22.7 Å². The van der Waals surface area contributed by atoms with Gasteiger partial charge in [0.2, 0.25) is 15.9 Å². The molecule has 1 atom stereocenters. The van der Waals surface area contributed by atoms with Crippen molar-refractivity contribution in [3.05, 3.63) is 64.7 Å². The van der Waals surface area contributed by atoms with E-state index in [1.165, 1.54) is 0 Å². The average molecular weight is 536 g/mol. The number of rotatable bonds is 7. The number of hydrogen-bond acceptors (Lipinski definition) is 5. The van der Waals surface area contributed by atoms with Crippen LogP contribution in [0.25, 0.3) is 0 Å². The summed E-state index contributed by atoms with van der Waals surface area (Å²) < 4.78 is 31.5. The molecule has 8 nitrogen and oxygen atoms in total. The zero-order valence-corrected chi connectivity index (χ0v) is 22.7. The Morgan fingerprint density at radius 2 is 1.69 bits per heavy atom. The highest BCUT2D eigenvalue weighted by molar-refractivity contribution is 7.92. The summed E-state index contributed by atoms with van der Waals surface area (Å²) in [5.74, 6) is -0.0789. The second-order valence-corrected chi connectivity index (χ2v) is 12.3. The first-order chi connectivity index (χ1) is 16.8. The average Bonchev–Trinajstić information content (AvgIpc) is 2.78. The van der Waals surface area contributed by atoms with E-state index < -0.39 is 27.8 Å². The fourth-order valence-corrected chi connectivity index (χ4v) is 4.99. The van der Waals surface area contributed by atoms with E-state index in [2.05, 4.69) is 10.0 Å². The van der Waals surface area contributed by atoms with E-state index in [0.29, 0.717) is 43.1 Å². The molecule has 1 aliphatic rings. The number of nitrogens with one attached hydrogen (secondary N) is 2. The Hall–Kier alpha value is -2.78. The van der Waals surface area contributed by atoms with E-state index in [1.54, 1.807) is 49.9 Å². The van der Waals surface area contributed by atoms with E-state index in [-0.39, 0.29) is 11.8 Å². The van der Waals surface area contributed by atoms with E-state index in [4.69, 9.17) is 16.3 Å². The Bertz CT molecular complexity index is 1170. The minimum Gasteiger partial charge on any atom is -0.444 e. The minimum absolute atomic E-state index is 0.105. The van der Waals surface area contributed by atoms with Gasteiger partial charge < -0.3 is 15.0 Å². The van der Waals surface area contributed by atoms with Crippen molar-refractivity contribution in [3.63, 3.8) is 0 Å². The van der Waals surface area contributed by atoms with E-state index in [9.17, 15) is 18.0 Å². The number of carbonyl (C=O) groups is 2. The summed E-state index contributed by atoms with van der Waals surface area (Å²) in [6, 6.07) is 13.7. The summed E-state index contributed by atoms with van der Waals surface area (Å²) in [5.41, 5.74) is 1.66. The van der Waals surface area contributed by atoms with Gasteiger partial charge >= 0.3 is 6.09 Å². The quantitative estimate of drug-likeness (QED) is 0.541. The zero-order valence-electron chi connectivity index (χ0n) is 21.1. The van der Waals surface area contributed by atoms with Crippen LogP contribution in [0.3, 0.4) is 0 Å². The lowest BCUT2D eigenvalue weighted by Crippen LogP contribution is -2.52. The number of anilines is 1. The third-order valence-corrected chi connectivity index (χ3v) is 6.69. The molecule has 36 heavy (non-hydrogen) atoms. The standard InChI is InChI=1S/C26H34ClN3O5S/c1-26(2,3)35-25(32)28-23(17-18-9-11-20(27)12-10-18)24(31)30-15-13-19(14-16-30)21-7-5-6-8-22(21)29-36(4,33)34/h5-12,19,23,29H,13-17H2,1-4H3,(H,28,32)/t23-/m1/s1. The lowest BCUT2D eigenvalue weighted by Gasteiger charge is -2.35. The Labute approximate surface area is 218 Å². The largest absolute Gasteiger partial charge is 0.444 e. The number of sulfonamides is 1. The number of carbonyl (C=O) groups excluding carboxylic acids is 2. The van der Waals surface area contributed by atoms with Gasteiger partial charge in [-0.2, -0.15) is 0 Å². The molecule has 1 heterocycles. The number of ether oxygens (including phenoxy) is 1. The van der Waals surface area contributed by atoms with Gasteiger partial charge in [-0.05, 0) is 68.9 Å². The lowest BCUT2D eigenvalue weighted by molar-refractivity contribution is -0.134. The summed E-state index contributed by atoms with van der Waals surface area (Å²) >= 11 is 6.00. The fraction of sp³-hybridized carbons (Fsp3) is 0.462. The molecule has 0 unspecified atom stereocenters. The molecule has 2 aromatic carbocycles. The Morgan fingerprint density at radius 3 is 2.28 bits per heavy atom. The van der Waals surface area contributed by atoms with Gasteiger partial charge in [-0.1, -0.05) is 41.9 Å². The van der Waals surface area contributed by atoms with Crippen LogP contribution in [0.4, 0.5) is 10.5 Å². The molecular weight excluding hydrogens is 502 g/mol. The molecule has 0 saturated carbocycles. The Morgan fingerprint density at radius 1 is 1.08 bits per heavy atom. The van der Waals surface area contributed by atoms with Crippen LogP contribution in [-0.4, -0.2) is 56.3 Å². The summed E-state index contributed by atoms with van der Waals surface area (Å²) in [7, 11) is -3.41. The van der Waals surface area contributed by atoms with Crippen molar-refractivity contribution in [2.24, 2.45) is 0 Å². The molecule has 0 aromatic heterocycles. The normalized spacial score (nSPS) is 15.8. The van der Waals surface area contributed by atoms with Crippen molar-refractivity contribution in [3.8, 4) is 0 Å². The maximum atomic E-state index is 13.5. The maximum Gasteiger partial charge on any atom is 0.408 e. The van der Waals surface area contributed by atoms with Gasteiger partial charge in [-0.3, -0.25) is 9.52 Å². The van der Waals surface area contributed by atoms with E-state index in [1.807, 2.05) is 24.3 Å². The number of para-hydroxylation sites is 1. The molecule has 2 aromatic rings. The predicted molar refractivity (Wildman–Crippen MR) is 142 cm³/mol. The van der Waals surface area contributed by atoms with E-state index >= 15 is 0 Å². The van der Waals surface area contributed by atoms with Crippen LogP contribution in [-0.2, 0) is 26.0 Å². The highest BCUT2D eigenvalue weighted by atomic mass is 35.5. The van der Waals surface area contributed by atoms with Crippen LogP contribution < -0.4 is 10.0 Å². The van der Waals surface area contributed by atoms with Crippen LogP contribution in [0, 0.1) is 0 Å². The summed E-state index contributed by atoms with van der Waals surface area (Å²) in [5, 5.41) is 3.34. The van der Waals surface area contributed by atoms with Gasteiger partial charge in [0.25, 0.3) is 0 Å². The maximum absolute atomic E-state index is 13.5. The first-order valence-electron chi connectivity index (χ1n) is 11.9. The number of alkyl carbamates (subject to hydrolysis) is 1. The molecule has 196 valence electrons. The second-order valence-electron chi connectivity index (χ2n) is 10.1. The van der Waals surface area contributed by atoms with Gasteiger partial charge in [0.1, 0.15) is 11.6 Å². The van der Waals surface area contributed by atoms with Crippen molar-refractivity contribution in [2.75, 3.05) is 24.1 Å². The molecule has 0 bridgehead atoms. The number of likely N-dealkylation sites (tertiary alicyclic amines) is 1. The first kappa shape index (κ1) is 27.8. The minimum atomic E-state index is -3.41. The smallest absolute Gasteiger partial charge is 0.408 e. The van der Waals surface area contributed by atoms with Crippen LogP contribution in [0.15, 0.2) is 48.5 Å². The van der Waals surface area contributed by atoms with Crippen molar-refractivity contribution in [1.29, 1.82) is 0 Å². The van der Waals surface area contributed by atoms with Gasteiger partial charge in [0.05, 0.1) is 11.9 Å². The van der Waals surface area contributed by atoms with E-state index in [0.717, 1.165) is 17.4 Å². The molecule has 0 spiro atoms. The number of benzene rings is 2. The highest BCUT2D eigenvalue weighted by Crippen LogP contribution is 2.33. The first-order valence-corrected chi connectivity index (χ1v) is 14.2. The molecule has 2 amide bonds. The SMILES string of the molecule is CC(C)(C)OC(=O)N[C@H](Cc1ccc(Cl)cc1)C(=O)N1CCC(c2ccccc2NS(C)(=O)=O)CC1. The number of hydrogen-bond donors (Lipinski definition) is 2. The number of amides is 2. The number of piperidine rings is 1. The van der Waals surface area contributed by atoms with Gasteiger partial charge in [0.15, 0.2) is 0 Å². The van der Waals surface area contributed by atoms with Gasteiger partial charge in [-0.25, -0.2) is 13.2 Å². The van der Waals surface area contributed by atoms with Crippen LogP contribution in [0.1, 0.15) is 50.7 Å². The monoisotopic (exact) mass is 535 g/mol. The molecule has 10 heteroatoms. The molecule has 2 N–H and O–H groups in total. The molecule has 1 aliphatic heterocycles. The van der Waals surface area contributed by atoms with Crippen LogP contribution in [0.5, 0.6) is 0 Å². The highest BCUT2D eigenvalue weighted by Gasteiger charge is 2.32. The second kappa shape index (κ2) is 11.5. The van der Waals surface area contributed by atoms with Gasteiger partial charge in [-0.15, -0.1) is 0 Å². The number of nitrogens with zero attached hydrogens (tertiary/aromatic N) is 1. The third-order valence-electron chi connectivity index (χ3n) is 5.84. The van der Waals surface area contributed by atoms with Crippen LogP contribution >= 0.6 is 11.6 Å². The molecule has 1 saturated heterocycles. The van der Waals surface area contributed by atoms with Crippen molar-refractivity contribution in [1.82, 2.24) is 10.2 Å². The zero-order chi connectivity index (χ0) is 26.5. The summed E-state index contributed by atoms with van der Waals surface area (Å²) in [6.45, 7) is 6.28. The topological polar surface area (TPSA) is 105 Å². The van der Waals surface area contributed by atoms with Crippen molar-refractivity contribution in [2.45, 2.75) is 57.6 Å². The Kier molecular flexibility index (Phi) is 8.89. The third kappa shape index (κ3) is 8.41. The lowest BCUT2D eigenvalue weighted by atomic mass is 9.88. The molecular formula is C26H34ClN3O5S. The fourth-order valence-electron chi connectivity index (χ4n) is 4.28. The molecule has 1 fully saturated rings. The van der Waals surface area contributed by atoms with Crippen LogP contribution in [0.2, 0.25) is 5.02 Å².